The summed E-state index contributed by atoms with van der Waals surface area (Å²) in [7, 11) is 1.97. The fraction of sp³-hybridized carbons (Fsp3) is 0.750. The Balaban J connectivity index is 1.66. The van der Waals surface area contributed by atoms with Crippen LogP contribution in [0.4, 0.5) is 4.79 Å². The third-order valence-corrected chi connectivity index (χ3v) is 5.27. The predicted octanol–water partition coefficient (Wildman–Crippen LogP) is 2.76. The minimum absolute atomic E-state index is 0.207. The lowest BCUT2D eigenvalue weighted by atomic mass is 9.93. The molecule has 1 aliphatic carbocycles. The molecule has 21 heavy (non-hydrogen) atoms. The molecule has 1 saturated carbocycles. The monoisotopic (exact) mass is 290 g/mol. The van der Waals surface area contributed by atoms with Gasteiger partial charge in [0.15, 0.2) is 0 Å². The van der Waals surface area contributed by atoms with E-state index in [-0.39, 0.29) is 6.03 Å². The van der Waals surface area contributed by atoms with Crippen molar-refractivity contribution in [1.29, 1.82) is 0 Å². The lowest BCUT2D eigenvalue weighted by molar-refractivity contribution is 0.107. The quantitative estimate of drug-likeness (QED) is 0.840. The average Bonchev–Trinajstić information content (AvgIpc) is 3.19. The van der Waals surface area contributed by atoms with E-state index in [1.54, 1.807) is 0 Å². The highest BCUT2D eigenvalue weighted by molar-refractivity contribution is 5.74. The molecule has 116 valence electrons. The number of amides is 2. The van der Waals surface area contributed by atoms with Crippen LogP contribution in [0.15, 0.2) is 18.7 Å². The van der Waals surface area contributed by atoms with Crippen LogP contribution in [0, 0.1) is 5.92 Å². The highest BCUT2D eigenvalue weighted by Gasteiger charge is 2.33. The third-order valence-electron chi connectivity index (χ3n) is 5.27. The Morgan fingerprint density at radius 1 is 1.29 bits per heavy atom. The summed E-state index contributed by atoms with van der Waals surface area (Å²) in [6, 6.07) is 1.00. The minimum Gasteiger partial charge on any atom is -0.332 e. The predicted molar refractivity (Wildman–Crippen MR) is 82.0 cm³/mol. The van der Waals surface area contributed by atoms with Gasteiger partial charge in [0.25, 0.3) is 0 Å². The molecule has 0 spiro atoms. The van der Waals surface area contributed by atoms with Crippen molar-refractivity contribution in [2.45, 2.75) is 51.1 Å². The number of rotatable bonds is 2. The van der Waals surface area contributed by atoms with E-state index in [0.29, 0.717) is 18.0 Å². The molecule has 2 heterocycles. The number of nitrogens with zero attached hydrogens (tertiary/aromatic N) is 4. The lowest BCUT2D eigenvalue weighted by Crippen LogP contribution is -2.50. The molecular weight excluding hydrogens is 264 g/mol. The van der Waals surface area contributed by atoms with Gasteiger partial charge in [-0.25, -0.2) is 9.78 Å². The second kappa shape index (κ2) is 6.08. The Labute approximate surface area is 126 Å². The van der Waals surface area contributed by atoms with Crippen molar-refractivity contribution >= 4 is 6.03 Å². The zero-order valence-electron chi connectivity index (χ0n) is 13.1. The molecule has 0 aromatic carbocycles. The largest absolute Gasteiger partial charge is 0.332 e. The molecule has 1 aromatic heterocycles. The van der Waals surface area contributed by atoms with E-state index < -0.39 is 0 Å². The molecule has 5 nitrogen and oxygen atoms in total. The van der Waals surface area contributed by atoms with Crippen LogP contribution in [0.25, 0.3) is 0 Å². The molecule has 1 aliphatic heterocycles. The van der Waals surface area contributed by atoms with Crippen LogP contribution in [0.5, 0.6) is 0 Å². The number of hydrogen-bond acceptors (Lipinski definition) is 2. The van der Waals surface area contributed by atoms with Crippen molar-refractivity contribution in [2.24, 2.45) is 5.92 Å². The zero-order chi connectivity index (χ0) is 14.8. The first-order chi connectivity index (χ1) is 10.2. The maximum atomic E-state index is 12.7. The van der Waals surface area contributed by atoms with Crippen LogP contribution in [-0.4, -0.2) is 51.6 Å². The Hall–Kier alpha value is -1.52. The number of urea groups is 1. The molecule has 1 saturated heterocycles. The van der Waals surface area contributed by atoms with E-state index >= 15 is 0 Å². The number of carbonyl (C=O) groups is 1. The second-order valence-electron chi connectivity index (χ2n) is 6.62. The molecule has 1 aromatic rings. The first-order valence-corrected chi connectivity index (χ1v) is 8.16. The van der Waals surface area contributed by atoms with Gasteiger partial charge in [0.1, 0.15) is 0 Å². The third kappa shape index (κ3) is 2.92. The van der Waals surface area contributed by atoms with Gasteiger partial charge in [-0.05, 0) is 25.2 Å². The van der Waals surface area contributed by atoms with Crippen LogP contribution in [0.3, 0.4) is 0 Å². The minimum atomic E-state index is 0.207. The summed E-state index contributed by atoms with van der Waals surface area (Å²) in [6.07, 6.45) is 11.6. The maximum absolute atomic E-state index is 12.7. The van der Waals surface area contributed by atoms with Gasteiger partial charge in [0, 0.05) is 38.6 Å². The van der Waals surface area contributed by atoms with Gasteiger partial charge < -0.3 is 14.4 Å². The molecule has 5 heteroatoms. The van der Waals surface area contributed by atoms with Gasteiger partial charge >= 0.3 is 6.03 Å². The molecule has 2 atom stereocenters. The van der Waals surface area contributed by atoms with Crippen molar-refractivity contribution < 1.29 is 4.79 Å². The van der Waals surface area contributed by atoms with Crippen molar-refractivity contribution in [3.63, 3.8) is 0 Å². The Morgan fingerprint density at radius 2 is 2.05 bits per heavy atom. The molecule has 0 N–H and O–H groups in total. The number of piperidine rings is 1. The smallest absolute Gasteiger partial charge is 0.320 e. The van der Waals surface area contributed by atoms with Gasteiger partial charge in [-0.1, -0.05) is 19.8 Å². The van der Waals surface area contributed by atoms with E-state index in [4.69, 9.17) is 0 Å². The first kappa shape index (κ1) is 14.4. The normalized spacial score (nSPS) is 27.0. The second-order valence-corrected chi connectivity index (χ2v) is 6.62. The summed E-state index contributed by atoms with van der Waals surface area (Å²) < 4.78 is 2.15. The first-order valence-electron chi connectivity index (χ1n) is 8.16. The van der Waals surface area contributed by atoms with Gasteiger partial charge in [-0.2, -0.15) is 0 Å². The van der Waals surface area contributed by atoms with Crippen LogP contribution in [0.1, 0.15) is 45.1 Å². The summed E-state index contributed by atoms with van der Waals surface area (Å²) in [5.41, 5.74) is 0. The molecule has 0 radical (unpaired) electrons. The van der Waals surface area contributed by atoms with E-state index in [9.17, 15) is 4.79 Å². The van der Waals surface area contributed by atoms with Gasteiger partial charge in [-0.15, -0.1) is 0 Å². The van der Waals surface area contributed by atoms with Crippen molar-refractivity contribution in [1.82, 2.24) is 19.4 Å². The van der Waals surface area contributed by atoms with Crippen LogP contribution >= 0.6 is 0 Å². The van der Waals surface area contributed by atoms with Gasteiger partial charge in [-0.3, -0.25) is 0 Å². The summed E-state index contributed by atoms with van der Waals surface area (Å²) >= 11 is 0. The molecule has 2 aliphatic rings. The number of hydrogen-bond donors (Lipinski definition) is 0. The van der Waals surface area contributed by atoms with Crippen LogP contribution < -0.4 is 0 Å². The fourth-order valence-electron chi connectivity index (χ4n) is 3.75. The maximum Gasteiger partial charge on any atom is 0.320 e. The number of imidazole rings is 1. The van der Waals surface area contributed by atoms with Crippen LogP contribution in [-0.2, 0) is 0 Å². The molecule has 2 fully saturated rings. The molecule has 0 bridgehead atoms. The molecular formula is C16H26N4O. The SMILES string of the molecule is C[C@H]1CCN(C(=O)N(C)C2CCCC2)C[C@H]1n1ccnc1. The Morgan fingerprint density at radius 3 is 2.71 bits per heavy atom. The van der Waals surface area contributed by atoms with E-state index in [0.717, 1.165) is 32.4 Å². The van der Waals surface area contributed by atoms with Crippen molar-refractivity contribution in [3.05, 3.63) is 18.7 Å². The Kier molecular flexibility index (Phi) is 4.17. The van der Waals surface area contributed by atoms with Gasteiger partial charge in [0.05, 0.1) is 12.4 Å². The zero-order valence-corrected chi connectivity index (χ0v) is 13.1. The molecule has 0 unspecified atom stereocenters. The highest BCUT2D eigenvalue weighted by Crippen LogP contribution is 2.29. The molecule has 3 rings (SSSR count). The summed E-state index contributed by atoms with van der Waals surface area (Å²) in [5, 5.41) is 0. The van der Waals surface area contributed by atoms with Crippen LogP contribution in [0.2, 0.25) is 0 Å². The number of carbonyl (C=O) groups excluding carboxylic acids is 1. The lowest BCUT2D eigenvalue weighted by Gasteiger charge is -2.40. The Bertz CT molecular complexity index is 467. The van der Waals surface area contributed by atoms with E-state index in [1.165, 1.54) is 12.8 Å². The molecule has 2 amide bonds. The topological polar surface area (TPSA) is 41.4 Å². The van der Waals surface area contributed by atoms with E-state index in [1.807, 2.05) is 35.6 Å². The highest BCUT2D eigenvalue weighted by atomic mass is 16.2. The van der Waals surface area contributed by atoms with E-state index in [2.05, 4.69) is 16.5 Å². The van der Waals surface area contributed by atoms with Gasteiger partial charge in [0.2, 0.25) is 0 Å². The standard InChI is InChI=1S/C16H26N4O/c1-13-7-9-19(11-15(13)20-10-8-17-12-20)16(21)18(2)14-5-3-4-6-14/h8,10,12-15H,3-7,9,11H2,1-2H3/t13-,15+/m0/s1. The average molecular weight is 290 g/mol. The van der Waals surface area contributed by atoms with Crippen molar-refractivity contribution in [3.8, 4) is 0 Å². The number of aromatic nitrogens is 2. The summed E-state index contributed by atoms with van der Waals surface area (Å²) in [4.78, 5) is 20.9. The van der Waals surface area contributed by atoms with Crippen molar-refractivity contribution in [2.75, 3.05) is 20.1 Å². The summed E-state index contributed by atoms with van der Waals surface area (Å²) in [5.74, 6) is 0.583. The summed E-state index contributed by atoms with van der Waals surface area (Å²) in [6.45, 7) is 3.95. The number of likely N-dealkylation sites (tertiary alicyclic amines) is 1. The fourth-order valence-corrected chi connectivity index (χ4v) is 3.75.